The van der Waals surface area contributed by atoms with Crippen LogP contribution in [-0.4, -0.2) is 20.9 Å². The van der Waals surface area contributed by atoms with Gasteiger partial charge < -0.3 is 16.0 Å². The molecule has 0 unspecified atom stereocenters. The van der Waals surface area contributed by atoms with Gasteiger partial charge in [-0.15, -0.1) is 0 Å². The number of nitrogens with zero attached hydrogens (tertiary/aromatic N) is 3. The molecule has 7 heteroatoms. The first-order chi connectivity index (χ1) is 15.4. The van der Waals surface area contributed by atoms with Crippen molar-refractivity contribution in [2.75, 3.05) is 16.0 Å². The van der Waals surface area contributed by atoms with Gasteiger partial charge in [-0.25, -0.2) is 15.0 Å². The second kappa shape index (κ2) is 9.26. The quantitative estimate of drug-likeness (QED) is 0.377. The molecular weight excluding hydrogens is 400 g/mol. The van der Waals surface area contributed by atoms with Crippen LogP contribution in [0.25, 0.3) is 0 Å². The maximum atomic E-state index is 12.4. The summed E-state index contributed by atoms with van der Waals surface area (Å²) >= 11 is 0. The number of rotatable bonds is 6. The topological polar surface area (TPSA) is 91.8 Å². The lowest BCUT2D eigenvalue weighted by Gasteiger charge is -2.11. The van der Waals surface area contributed by atoms with Crippen LogP contribution in [0.3, 0.4) is 0 Å². The van der Waals surface area contributed by atoms with E-state index in [1.165, 1.54) is 0 Å². The summed E-state index contributed by atoms with van der Waals surface area (Å²) in [5.74, 6) is 2.53. The lowest BCUT2D eigenvalue weighted by atomic mass is 10.1. The molecule has 1 amide bonds. The zero-order valence-electron chi connectivity index (χ0n) is 18.2. The summed E-state index contributed by atoms with van der Waals surface area (Å²) < 4.78 is 0. The lowest BCUT2D eigenvalue weighted by Crippen LogP contribution is -2.11. The molecule has 0 fully saturated rings. The van der Waals surface area contributed by atoms with Crippen LogP contribution in [0, 0.1) is 20.8 Å². The number of hydrogen-bond donors (Lipinski definition) is 3. The minimum atomic E-state index is -0.138. The van der Waals surface area contributed by atoms with E-state index in [1.807, 2.05) is 81.4 Å². The zero-order valence-corrected chi connectivity index (χ0v) is 18.2. The Morgan fingerprint density at radius 3 is 2.12 bits per heavy atom. The highest BCUT2D eigenvalue weighted by Gasteiger charge is 2.07. The van der Waals surface area contributed by atoms with Crippen LogP contribution >= 0.6 is 0 Å². The van der Waals surface area contributed by atoms with E-state index in [4.69, 9.17) is 0 Å². The molecule has 7 nitrogen and oxygen atoms in total. The van der Waals surface area contributed by atoms with E-state index < -0.39 is 0 Å². The summed E-state index contributed by atoms with van der Waals surface area (Å²) in [7, 11) is 0. The molecule has 2 heterocycles. The van der Waals surface area contributed by atoms with Crippen LogP contribution < -0.4 is 16.0 Å². The van der Waals surface area contributed by atoms with Crippen molar-refractivity contribution in [2.24, 2.45) is 0 Å². The maximum Gasteiger partial charge on any atom is 0.255 e. The van der Waals surface area contributed by atoms with Gasteiger partial charge in [0.15, 0.2) is 0 Å². The van der Waals surface area contributed by atoms with Crippen molar-refractivity contribution >= 4 is 34.7 Å². The van der Waals surface area contributed by atoms with Gasteiger partial charge in [0, 0.05) is 29.2 Å². The summed E-state index contributed by atoms with van der Waals surface area (Å²) in [6.07, 6.45) is 1.75. The summed E-state index contributed by atoms with van der Waals surface area (Å²) in [6, 6.07) is 20.7. The summed E-state index contributed by atoms with van der Waals surface area (Å²) in [5.41, 5.74) is 4.35. The Labute approximate surface area is 187 Å². The third kappa shape index (κ3) is 5.46. The van der Waals surface area contributed by atoms with Crippen LogP contribution in [-0.2, 0) is 0 Å². The lowest BCUT2D eigenvalue weighted by molar-refractivity contribution is 0.102. The van der Waals surface area contributed by atoms with E-state index in [1.54, 1.807) is 12.3 Å². The first-order valence-electron chi connectivity index (χ1n) is 10.2. The van der Waals surface area contributed by atoms with E-state index >= 15 is 0 Å². The molecule has 0 saturated heterocycles. The average Bonchev–Trinajstić information content (AvgIpc) is 2.75. The van der Waals surface area contributed by atoms with E-state index in [9.17, 15) is 4.79 Å². The predicted molar refractivity (Wildman–Crippen MR) is 128 cm³/mol. The molecular formula is C25H24N6O. The number of hydrogen-bond acceptors (Lipinski definition) is 6. The minimum Gasteiger partial charge on any atom is -0.340 e. The molecule has 0 aliphatic carbocycles. The van der Waals surface area contributed by atoms with Gasteiger partial charge in [0.1, 0.15) is 23.3 Å². The van der Waals surface area contributed by atoms with Gasteiger partial charge in [-0.1, -0.05) is 17.7 Å². The standard InChI is InChI=1S/C25H24N6O/c1-16-5-4-6-19(13-16)25(32)30-21-9-7-20(8-10-21)29-23-15-24(28-18(3)27-23)31-22-14-17(2)11-12-26-22/h4-15H,1-3H3,(H,30,32)(H2,26,27,28,29,31). The molecule has 32 heavy (non-hydrogen) atoms. The van der Waals surface area contributed by atoms with Crippen molar-refractivity contribution in [3.63, 3.8) is 0 Å². The van der Waals surface area contributed by atoms with E-state index in [0.29, 0.717) is 28.7 Å². The highest BCUT2D eigenvalue weighted by molar-refractivity contribution is 6.04. The predicted octanol–water partition coefficient (Wildman–Crippen LogP) is 5.54. The second-order valence-corrected chi connectivity index (χ2v) is 7.56. The Balaban J connectivity index is 1.44. The van der Waals surface area contributed by atoms with Crippen LogP contribution in [0.15, 0.2) is 72.9 Å². The van der Waals surface area contributed by atoms with Crippen LogP contribution in [0.2, 0.25) is 0 Å². The number of carbonyl (C=O) groups excluding carboxylic acids is 1. The molecule has 3 N–H and O–H groups in total. The highest BCUT2D eigenvalue weighted by Crippen LogP contribution is 2.21. The second-order valence-electron chi connectivity index (χ2n) is 7.56. The molecule has 0 atom stereocenters. The van der Waals surface area contributed by atoms with Crippen molar-refractivity contribution in [3.05, 3.63) is 95.4 Å². The Bertz CT molecular complexity index is 1250. The molecule has 0 saturated carbocycles. The third-order valence-electron chi connectivity index (χ3n) is 4.70. The zero-order chi connectivity index (χ0) is 22.5. The fraction of sp³-hybridized carbons (Fsp3) is 0.120. The number of amides is 1. The van der Waals surface area contributed by atoms with Crippen LogP contribution in [0.1, 0.15) is 27.3 Å². The smallest absolute Gasteiger partial charge is 0.255 e. The number of aryl methyl sites for hydroxylation is 3. The monoisotopic (exact) mass is 424 g/mol. The average molecular weight is 425 g/mol. The summed E-state index contributed by atoms with van der Waals surface area (Å²) in [5, 5.41) is 9.41. The molecule has 0 aliphatic heterocycles. The molecule has 0 bridgehead atoms. The summed E-state index contributed by atoms with van der Waals surface area (Å²) in [4.78, 5) is 25.6. The fourth-order valence-electron chi connectivity index (χ4n) is 3.21. The van der Waals surface area contributed by atoms with Gasteiger partial charge in [0.25, 0.3) is 5.91 Å². The maximum absolute atomic E-state index is 12.4. The molecule has 160 valence electrons. The number of anilines is 5. The van der Waals surface area contributed by atoms with Gasteiger partial charge in [-0.2, -0.15) is 0 Å². The van der Waals surface area contributed by atoms with Gasteiger partial charge in [-0.05, 0) is 74.9 Å². The SMILES string of the molecule is Cc1cccc(C(=O)Nc2ccc(Nc3cc(Nc4cc(C)ccn4)nc(C)n3)cc2)c1. The largest absolute Gasteiger partial charge is 0.340 e. The van der Waals surface area contributed by atoms with Crippen molar-refractivity contribution in [3.8, 4) is 0 Å². The van der Waals surface area contributed by atoms with E-state index in [-0.39, 0.29) is 5.91 Å². The van der Waals surface area contributed by atoms with Crippen molar-refractivity contribution in [2.45, 2.75) is 20.8 Å². The number of benzene rings is 2. The number of pyridine rings is 1. The molecule has 0 aliphatic rings. The molecule has 4 rings (SSSR count). The molecule has 0 radical (unpaired) electrons. The molecule has 2 aromatic heterocycles. The van der Waals surface area contributed by atoms with Crippen LogP contribution in [0.4, 0.5) is 28.8 Å². The van der Waals surface area contributed by atoms with E-state index in [0.717, 1.165) is 22.6 Å². The first-order valence-corrected chi connectivity index (χ1v) is 10.2. The third-order valence-corrected chi connectivity index (χ3v) is 4.70. The normalized spacial score (nSPS) is 10.5. The molecule has 0 spiro atoms. The first kappa shape index (κ1) is 21.0. The van der Waals surface area contributed by atoms with Gasteiger partial charge in [-0.3, -0.25) is 4.79 Å². The highest BCUT2D eigenvalue weighted by atomic mass is 16.1. The van der Waals surface area contributed by atoms with Crippen molar-refractivity contribution < 1.29 is 4.79 Å². The Morgan fingerprint density at radius 2 is 1.41 bits per heavy atom. The minimum absolute atomic E-state index is 0.138. The number of carbonyl (C=O) groups is 1. The van der Waals surface area contributed by atoms with Gasteiger partial charge in [0.2, 0.25) is 0 Å². The fourth-order valence-corrected chi connectivity index (χ4v) is 3.21. The Hall–Kier alpha value is -4.26. The van der Waals surface area contributed by atoms with E-state index in [2.05, 4.69) is 30.9 Å². The number of aromatic nitrogens is 3. The van der Waals surface area contributed by atoms with Gasteiger partial charge in [0.05, 0.1) is 0 Å². The summed E-state index contributed by atoms with van der Waals surface area (Å²) in [6.45, 7) is 5.81. The molecule has 2 aromatic carbocycles. The Morgan fingerprint density at radius 1 is 0.719 bits per heavy atom. The van der Waals surface area contributed by atoms with Crippen molar-refractivity contribution in [1.29, 1.82) is 0 Å². The van der Waals surface area contributed by atoms with Gasteiger partial charge >= 0.3 is 0 Å². The number of nitrogens with one attached hydrogen (secondary N) is 3. The molecule has 4 aromatic rings. The van der Waals surface area contributed by atoms with Crippen LogP contribution in [0.5, 0.6) is 0 Å². The van der Waals surface area contributed by atoms with Crippen molar-refractivity contribution in [1.82, 2.24) is 15.0 Å². The Kier molecular flexibility index (Phi) is 6.07.